The lowest BCUT2D eigenvalue weighted by Gasteiger charge is -2.11. The van der Waals surface area contributed by atoms with Crippen LogP contribution in [0.1, 0.15) is 55.2 Å². The molecule has 1 unspecified atom stereocenters. The monoisotopic (exact) mass is 308 g/mol. The van der Waals surface area contributed by atoms with E-state index in [1.165, 1.54) is 17.0 Å². The van der Waals surface area contributed by atoms with Crippen molar-refractivity contribution in [3.63, 3.8) is 0 Å². The second-order valence-corrected chi connectivity index (χ2v) is 5.84. The van der Waals surface area contributed by atoms with E-state index in [9.17, 15) is 0 Å². The molecule has 0 saturated carbocycles. The van der Waals surface area contributed by atoms with Crippen LogP contribution in [0.3, 0.4) is 0 Å². The van der Waals surface area contributed by atoms with Crippen LogP contribution < -0.4 is 0 Å². The van der Waals surface area contributed by atoms with Crippen LogP contribution in [0.4, 0.5) is 0 Å². The van der Waals surface area contributed by atoms with E-state index >= 15 is 0 Å². The number of rotatable bonds is 7. The van der Waals surface area contributed by atoms with Crippen molar-refractivity contribution >= 4 is 11.6 Å². The highest BCUT2D eigenvalue weighted by molar-refractivity contribution is 6.20. The molecule has 2 aromatic heterocycles. The highest BCUT2D eigenvalue weighted by Gasteiger charge is 2.20. The molecule has 5 heteroatoms. The van der Waals surface area contributed by atoms with Gasteiger partial charge in [-0.15, -0.1) is 11.6 Å². The molecule has 21 heavy (non-hydrogen) atoms. The van der Waals surface area contributed by atoms with Gasteiger partial charge in [-0.3, -0.25) is 9.36 Å². The first-order valence-corrected chi connectivity index (χ1v) is 8.25. The minimum Gasteiger partial charge on any atom is -0.273 e. The van der Waals surface area contributed by atoms with Crippen molar-refractivity contribution < 1.29 is 0 Å². The van der Waals surface area contributed by atoms with Crippen molar-refractivity contribution in [1.82, 2.24) is 19.6 Å². The maximum atomic E-state index is 6.53. The maximum Gasteiger partial charge on any atom is 0.0671 e. The Kier molecular flexibility index (Phi) is 5.45. The van der Waals surface area contributed by atoms with Gasteiger partial charge in [0.2, 0.25) is 0 Å². The lowest BCUT2D eigenvalue weighted by molar-refractivity contribution is 0.560. The number of aryl methyl sites for hydroxylation is 4. The topological polar surface area (TPSA) is 35.6 Å². The Bertz CT molecular complexity index is 585. The molecule has 1 atom stereocenters. The molecular weight excluding hydrogens is 284 g/mol. The highest BCUT2D eigenvalue weighted by atomic mass is 35.5. The van der Waals surface area contributed by atoms with Crippen LogP contribution in [-0.2, 0) is 32.9 Å². The summed E-state index contributed by atoms with van der Waals surface area (Å²) in [6.07, 6.45) is 5.62. The van der Waals surface area contributed by atoms with E-state index < -0.39 is 0 Å². The van der Waals surface area contributed by atoms with Crippen LogP contribution in [0, 0.1) is 0 Å². The van der Waals surface area contributed by atoms with E-state index in [1.807, 2.05) is 17.9 Å². The first kappa shape index (κ1) is 16.1. The van der Waals surface area contributed by atoms with Crippen LogP contribution in [0.5, 0.6) is 0 Å². The molecule has 0 amide bonds. The molecule has 0 fully saturated rings. The maximum absolute atomic E-state index is 6.53. The largest absolute Gasteiger partial charge is 0.273 e. The van der Waals surface area contributed by atoms with Gasteiger partial charge in [-0.1, -0.05) is 20.8 Å². The summed E-state index contributed by atoms with van der Waals surface area (Å²) in [5, 5.41) is 9.09. The van der Waals surface area contributed by atoms with Gasteiger partial charge in [0.1, 0.15) is 0 Å². The van der Waals surface area contributed by atoms with Crippen molar-refractivity contribution in [1.29, 1.82) is 0 Å². The number of aromatic nitrogens is 4. The average Bonchev–Trinajstić information content (AvgIpc) is 3.06. The average molecular weight is 309 g/mol. The summed E-state index contributed by atoms with van der Waals surface area (Å²) in [6.45, 7) is 7.34. The van der Waals surface area contributed by atoms with Crippen molar-refractivity contribution in [3.05, 3.63) is 34.9 Å². The van der Waals surface area contributed by atoms with Crippen molar-refractivity contribution in [2.45, 2.75) is 58.4 Å². The Morgan fingerprint density at radius 3 is 2.52 bits per heavy atom. The molecule has 0 bridgehead atoms. The van der Waals surface area contributed by atoms with Gasteiger partial charge in [-0.25, -0.2) is 0 Å². The summed E-state index contributed by atoms with van der Waals surface area (Å²) in [6, 6.07) is 2.06. The van der Waals surface area contributed by atoms with Gasteiger partial charge < -0.3 is 0 Å². The summed E-state index contributed by atoms with van der Waals surface area (Å²) in [7, 11) is 1.98. The molecule has 0 saturated heterocycles. The molecule has 0 radical (unpaired) electrons. The van der Waals surface area contributed by atoms with Crippen LogP contribution in [0.25, 0.3) is 0 Å². The van der Waals surface area contributed by atoms with Crippen molar-refractivity contribution in [2.24, 2.45) is 7.05 Å². The molecule has 2 heterocycles. The summed E-state index contributed by atoms with van der Waals surface area (Å²) >= 11 is 6.53. The zero-order valence-electron chi connectivity index (χ0n) is 13.4. The molecule has 2 rings (SSSR count). The minimum atomic E-state index is 0.0698. The molecule has 2 aromatic rings. The molecule has 0 aliphatic carbocycles. The Balaban J connectivity index is 2.26. The zero-order chi connectivity index (χ0) is 15.4. The van der Waals surface area contributed by atoms with Gasteiger partial charge in [-0.2, -0.15) is 10.2 Å². The van der Waals surface area contributed by atoms with E-state index in [4.69, 9.17) is 16.7 Å². The van der Waals surface area contributed by atoms with E-state index in [1.54, 1.807) is 0 Å². The van der Waals surface area contributed by atoms with Crippen LogP contribution in [-0.4, -0.2) is 19.6 Å². The van der Waals surface area contributed by atoms with E-state index in [-0.39, 0.29) is 5.38 Å². The smallest absolute Gasteiger partial charge is 0.0671 e. The predicted octanol–water partition coefficient (Wildman–Crippen LogP) is 3.67. The lowest BCUT2D eigenvalue weighted by atomic mass is 10.0. The number of alkyl halides is 1. The standard InChI is InChI=1S/C16H25ClN4/c1-5-13(17)16-14(6-2)19-21(15(16)7-3)11-9-12-8-10-18-20(12)4/h8,10,13H,5-7,9,11H2,1-4H3. The molecular formula is C16H25ClN4. The molecule has 116 valence electrons. The highest BCUT2D eigenvalue weighted by Crippen LogP contribution is 2.31. The van der Waals surface area contributed by atoms with Gasteiger partial charge >= 0.3 is 0 Å². The third-order valence-corrected chi connectivity index (χ3v) is 4.55. The lowest BCUT2D eigenvalue weighted by Crippen LogP contribution is -2.10. The SMILES string of the molecule is CCc1nn(CCc2ccnn2C)c(CC)c1C(Cl)CC. The minimum absolute atomic E-state index is 0.0698. The summed E-state index contributed by atoms with van der Waals surface area (Å²) in [4.78, 5) is 0. The second-order valence-electron chi connectivity index (χ2n) is 5.31. The third-order valence-electron chi connectivity index (χ3n) is 4.02. The van der Waals surface area contributed by atoms with Crippen LogP contribution >= 0.6 is 11.6 Å². The predicted molar refractivity (Wildman–Crippen MR) is 86.8 cm³/mol. The molecule has 0 aliphatic rings. The molecule has 0 spiro atoms. The first-order chi connectivity index (χ1) is 10.1. The van der Waals surface area contributed by atoms with Crippen LogP contribution in [0.2, 0.25) is 0 Å². The molecule has 0 aromatic carbocycles. The normalized spacial score (nSPS) is 12.8. The molecule has 0 aliphatic heterocycles. The van der Waals surface area contributed by atoms with Gasteiger partial charge in [0.25, 0.3) is 0 Å². The van der Waals surface area contributed by atoms with Gasteiger partial charge in [0.05, 0.1) is 11.1 Å². The van der Waals surface area contributed by atoms with Gasteiger partial charge in [-0.05, 0) is 25.3 Å². The fourth-order valence-electron chi connectivity index (χ4n) is 2.82. The Labute approximate surface area is 132 Å². The zero-order valence-corrected chi connectivity index (χ0v) is 14.2. The number of hydrogen-bond acceptors (Lipinski definition) is 2. The van der Waals surface area contributed by atoms with Gasteiger partial charge in [0, 0.05) is 43.2 Å². The van der Waals surface area contributed by atoms with E-state index in [0.29, 0.717) is 0 Å². The summed E-state index contributed by atoms with van der Waals surface area (Å²) in [5.74, 6) is 0. The van der Waals surface area contributed by atoms with Crippen molar-refractivity contribution in [2.75, 3.05) is 0 Å². The fraction of sp³-hybridized carbons (Fsp3) is 0.625. The number of hydrogen-bond donors (Lipinski definition) is 0. The van der Waals surface area contributed by atoms with Crippen molar-refractivity contribution in [3.8, 4) is 0 Å². The molecule has 4 nitrogen and oxygen atoms in total. The Morgan fingerprint density at radius 2 is 2.00 bits per heavy atom. The summed E-state index contributed by atoms with van der Waals surface area (Å²) < 4.78 is 4.07. The van der Waals surface area contributed by atoms with E-state index in [0.717, 1.165) is 37.9 Å². The Hall–Kier alpha value is -1.29. The van der Waals surface area contributed by atoms with E-state index in [2.05, 4.69) is 36.6 Å². The first-order valence-electron chi connectivity index (χ1n) is 7.81. The summed E-state index contributed by atoms with van der Waals surface area (Å²) in [5.41, 5.74) is 4.92. The second kappa shape index (κ2) is 7.12. The van der Waals surface area contributed by atoms with Crippen LogP contribution in [0.15, 0.2) is 12.3 Å². The quantitative estimate of drug-likeness (QED) is 0.732. The van der Waals surface area contributed by atoms with Gasteiger partial charge in [0.15, 0.2) is 0 Å². The third kappa shape index (κ3) is 3.31. The number of halogens is 1. The molecule has 0 N–H and O–H groups in total. The fourth-order valence-corrected chi connectivity index (χ4v) is 3.07. The Morgan fingerprint density at radius 1 is 1.24 bits per heavy atom. The number of nitrogens with zero attached hydrogens (tertiary/aromatic N) is 4.